The van der Waals surface area contributed by atoms with Crippen molar-refractivity contribution >= 4 is 44.8 Å². The molecule has 0 aromatic heterocycles. The van der Waals surface area contributed by atoms with Crippen molar-refractivity contribution in [3.8, 4) is 5.75 Å². The Morgan fingerprint density at radius 2 is 1.80 bits per heavy atom. The van der Waals surface area contributed by atoms with Gasteiger partial charge < -0.3 is 10.1 Å². The Hall–Kier alpha value is -2.17. The summed E-state index contributed by atoms with van der Waals surface area (Å²) >= 11 is 11.8. The quantitative estimate of drug-likeness (QED) is 0.636. The number of carbonyl (C=O) groups is 1. The summed E-state index contributed by atoms with van der Waals surface area (Å²) in [5.74, 6) is -1.06. The molecule has 0 heterocycles. The van der Waals surface area contributed by atoms with Gasteiger partial charge in [0.15, 0.2) is 0 Å². The van der Waals surface area contributed by atoms with Crippen LogP contribution in [0.4, 0.5) is 18.9 Å². The molecule has 6 nitrogen and oxygen atoms in total. The van der Waals surface area contributed by atoms with Gasteiger partial charge in [-0.15, -0.1) is 0 Å². The molecule has 0 bridgehead atoms. The van der Waals surface area contributed by atoms with Crippen molar-refractivity contribution in [3.63, 3.8) is 0 Å². The van der Waals surface area contributed by atoms with E-state index in [9.17, 15) is 26.4 Å². The lowest BCUT2D eigenvalue weighted by molar-refractivity contribution is -0.138. The minimum atomic E-state index is -4.66. The van der Waals surface area contributed by atoms with Crippen LogP contribution in [0, 0.1) is 0 Å². The van der Waals surface area contributed by atoms with Crippen LogP contribution in [-0.4, -0.2) is 40.2 Å². The highest BCUT2D eigenvalue weighted by Gasteiger charge is 2.37. The molecule has 1 atom stereocenters. The third-order valence-corrected chi connectivity index (χ3v) is 6.58. The molecule has 1 amide bonds. The lowest BCUT2D eigenvalue weighted by Crippen LogP contribution is -2.50. The van der Waals surface area contributed by atoms with Crippen molar-refractivity contribution in [1.82, 2.24) is 5.32 Å². The number of methoxy groups -OCH3 is 1. The highest BCUT2D eigenvalue weighted by atomic mass is 35.5. The SMILES string of the molecule is COc1ccccc1N([C@@H](C)C(=O)NCC(F)(F)F)S(=O)(=O)c1ccc(Cl)c(Cl)c1. The van der Waals surface area contributed by atoms with Crippen molar-refractivity contribution < 1.29 is 31.1 Å². The van der Waals surface area contributed by atoms with E-state index in [0.29, 0.717) is 4.31 Å². The third kappa shape index (κ3) is 5.50. The van der Waals surface area contributed by atoms with Crippen LogP contribution in [0.5, 0.6) is 5.75 Å². The molecule has 0 aliphatic heterocycles. The Labute approximate surface area is 181 Å². The van der Waals surface area contributed by atoms with Crippen LogP contribution < -0.4 is 14.4 Å². The van der Waals surface area contributed by atoms with E-state index in [4.69, 9.17) is 27.9 Å². The standard InChI is InChI=1S/C18H17Cl2F3N2O4S/c1-11(17(26)24-10-18(21,22)23)25(15-5-3-4-6-16(15)29-2)30(27,28)12-7-8-13(19)14(20)9-12/h3-9,11H,10H2,1-2H3,(H,24,26)/t11-/m0/s1. The van der Waals surface area contributed by atoms with E-state index in [2.05, 4.69) is 0 Å². The summed E-state index contributed by atoms with van der Waals surface area (Å²) < 4.78 is 70.1. The number of sulfonamides is 1. The van der Waals surface area contributed by atoms with Crippen LogP contribution in [0.25, 0.3) is 0 Å². The van der Waals surface area contributed by atoms with Gasteiger partial charge in [-0.25, -0.2) is 8.42 Å². The average molecular weight is 485 g/mol. The Balaban J connectivity index is 2.58. The lowest BCUT2D eigenvalue weighted by atomic mass is 10.2. The van der Waals surface area contributed by atoms with Gasteiger partial charge in [0.25, 0.3) is 10.0 Å². The number of ether oxygens (including phenoxy) is 1. The van der Waals surface area contributed by atoms with E-state index in [-0.39, 0.29) is 26.4 Å². The first kappa shape index (κ1) is 24.1. The molecule has 2 rings (SSSR count). The van der Waals surface area contributed by atoms with Crippen LogP contribution in [0.1, 0.15) is 6.92 Å². The summed E-state index contributed by atoms with van der Waals surface area (Å²) in [6.45, 7) is -0.448. The van der Waals surface area contributed by atoms with Gasteiger partial charge in [0.1, 0.15) is 18.3 Å². The maximum Gasteiger partial charge on any atom is 0.405 e. The normalized spacial score (nSPS) is 12.9. The van der Waals surface area contributed by atoms with Crippen LogP contribution in [-0.2, 0) is 14.8 Å². The van der Waals surface area contributed by atoms with Gasteiger partial charge in [-0.2, -0.15) is 13.2 Å². The van der Waals surface area contributed by atoms with Crippen LogP contribution in [0.15, 0.2) is 47.4 Å². The molecule has 0 unspecified atom stereocenters. The van der Waals surface area contributed by atoms with E-state index in [1.54, 1.807) is 11.4 Å². The highest BCUT2D eigenvalue weighted by Crippen LogP contribution is 2.35. The van der Waals surface area contributed by atoms with Crippen LogP contribution in [0.2, 0.25) is 10.0 Å². The van der Waals surface area contributed by atoms with Crippen molar-refractivity contribution in [1.29, 1.82) is 0 Å². The molecule has 0 saturated carbocycles. The summed E-state index contributed by atoms with van der Waals surface area (Å²) in [5.41, 5.74) is -0.0410. The molecule has 30 heavy (non-hydrogen) atoms. The predicted octanol–water partition coefficient (Wildman–Crippen LogP) is 4.26. The number of amides is 1. The predicted molar refractivity (Wildman–Crippen MR) is 108 cm³/mol. The van der Waals surface area contributed by atoms with Gasteiger partial charge in [-0.3, -0.25) is 9.10 Å². The second-order valence-electron chi connectivity index (χ2n) is 6.06. The number of carbonyl (C=O) groups excluding carboxylic acids is 1. The number of nitrogens with zero attached hydrogens (tertiary/aromatic N) is 1. The minimum absolute atomic E-state index is 0.0410. The lowest BCUT2D eigenvalue weighted by Gasteiger charge is -2.31. The number of hydrogen-bond acceptors (Lipinski definition) is 4. The Morgan fingerprint density at radius 3 is 2.37 bits per heavy atom. The Morgan fingerprint density at radius 1 is 1.17 bits per heavy atom. The van der Waals surface area contributed by atoms with Crippen molar-refractivity contribution in [2.24, 2.45) is 0 Å². The van der Waals surface area contributed by atoms with Gasteiger partial charge in [0, 0.05) is 0 Å². The zero-order valence-corrected chi connectivity index (χ0v) is 18.0. The second kappa shape index (κ2) is 9.32. The van der Waals surface area contributed by atoms with E-state index in [1.165, 1.54) is 37.4 Å². The maximum absolute atomic E-state index is 13.4. The smallest absolute Gasteiger partial charge is 0.405 e. The van der Waals surface area contributed by atoms with Crippen LogP contribution in [0.3, 0.4) is 0 Å². The number of anilines is 1. The van der Waals surface area contributed by atoms with E-state index >= 15 is 0 Å². The van der Waals surface area contributed by atoms with Gasteiger partial charge in [-0.1, -0.05) is 35.3 Å². The van der Waals surface area contributed by atoms with Crippen LogP contribution >= 0.6 is 23.2 Å². The fraction of sp³-hybridized carbons (Fsp3) is 0.278. The Bertz CT molecular complexity index is 1030. The summed E-state index contributed by atoms with van der Waals surface area (Å²) in [6, 6.07) is 7.84. The molecule has 164 valence electrons. The molecular weight excluding hydrogens is 468 g/mol. The molecular formula is C18H17Cl2F3N2O4S. The molecule has 0 fully saturated rings. The monoisotopic (exact) mass is 484 g/mol. The number of nitrogens with one attached hydrogen (secondary N) is 1. The van der Waals surface area contributed by atoms with Crippen molar-refractivity contribution in [3.05, 3.63) is 52.5 Å². The minimum Gasteiger partial charge on any atom is -0.495 e. The number of benzene rings is 2. The number of rotatable bonds is 7. The number of alkyl halides is 3. The van der Waals surface area contributed by atoms with Gasteiger partial charge in [0.2, 0.25) is 5.91 Å². The first-order valence-corrected chi connectivity index (χ1v) is 10.5. The topological polar surface area (TPSA) is 75.7 Å². The summed E-state index contributed by atoms with van der Waals surface area (Å²) in [6.07, 6.45) is -4.66. The summed E-state index contributed by atoms with van der Waals surface area (Å²) in [4.78, 5) is 12.1. The highest BCUT2D eigenvalue weighted by molar-refractivity contribution is 7.93. The fourth-order valence-corrected chi connectivity index (χ4v) is 4.57. The molecule has 0 saturated heterocycles. The average Bonchev–Trinajstić information content (AvgIpc) is 2.67. The summed E-state index contributed by atoms with van der Waals surface area (Å²) in [7, 11) is -3.17. The van der Waals surface area contributed by atoms with E-state index < -0.39 is 34.7 Å². The number of halogens is 5. The number of hydrogen-bond donors (Lipinski definition) is 1. The molecule has 2 aromatic rings. The zero-order valence-electron chi connectivity index (χ0n) is 15.7. The third-order valence-electron chi connectivity index (χ3n) is 3.96. The Kier molecular flexibility index (Phi) is 7.49. The van der Waals surface area contributed by atoms with Crippen molar-refractivity contribution in [2.45, 2.75) is 24.0 Å². The zero-order chi connectivity index (χ0) is 22.7. The van der Waals surface area contributed by atoms with Gasteiger partial charge >= 0.3 is 6.18 Å². The largest absolute Gasteiger partial charge is 0.495 e. The number of para-hydroxylation sites is 2. The molecule has 2 aromatic carbocycles. The molecule has 12 heteroatoms. The second-order valence-corrected chi connectivity index (χ2v) is 8.69. The molecule has 0 aliphatic rings. The molecule has 1 N–H and O–H groups in total. The molecule has 0 aliphatic carbocycles. The van der Waals surface area contributed by atoms with Crippen molar-refractivity contribution in [2.75, 3.05) is 18.0 Å². The van der Waals surface area contributed by atoms with E-state index in [0.717, 1.165) is 13.0 Å². The summed E-state index contributed by atoms with van der Waals surface area (Å²) in [5, 5.41) is 1.75. The molecule has 0 spiro atoms. The molecule has 0 radical (unpaired) electrons. The maximum atomic E-state index is 13.4. The van der Waals surface area contributed by atoms with Gasteiger partial charge in [0.05, 0.1) is 27.7 Å². The first-order valence-electron chi connectivity index (χ1n) is 8.35. The van der Waals surface area contributed by atoms with Gasteiger partial charge in [-0.05, 0) is 37.3 Å². The van der Waals surface area contributed by atoms with E-state index in [1.807, 2.05) is 0 Å². The fourth-order valence-electron chi connectivity index (χ4n) is 2.55. The first-order chi connectivity index (χ1) is 13.9.